The maximum absolute atomic E-state index is 12.5. The number of nitrogens with one attached hydrogen (secondary N) is 1. The number of benzene rings is 2. The molecule has 0 aliphatic rings. The Morgan fingerprint density at radius 2 is 1.48 bits per heavy atom. The summed E-state index contributed by atoms with van der Waals surface area (Å²) in [7, 11) is 2.85. The summed E-state index contributed by atoms with van der Waals surface area (Å²) >= 11 is 0. The van der Waals surface area contributed by atoms with Gasteiger partial charge in [-0.15, -0.1) is 0 Å². The van der Waals surface area contributed by atoms with Gasteiger partial charge >= 0.3 is 5.97 Å². The Labute approximate surface area is 157 Å². The molecule has 2 aromatic carbocycles. The van der Waals surface area contributed by atoms with Crippen LogP contribution in [-0.4, -0.2) is 38.0 Å². The van der Waals surface area contributed by atoms with E-state index in [9.17, 15) is 14.4 Å². The van der Waals surface area contributed by atoms with E-state index < -0.39 is 18.0 Å². The number of anilines is 1. The molecule has 0 bridgehead atoms. The normalized spacial score (nSPS) is 11.3. The number of hydrogen-bond acceptors (Lipinski definition) is 6. The Hall–Kier alpha value is -3.35. The summed E-state index contributed by atoms with van der Waals surface area (Å²) in [5, 5.41) is 2.63. The second-order valence-corrected chi connectivity index (χ2v) is 5.71. The monoisotopic (exact) mass is 371 g/mol. The second-order valence-electron chi connectivity index (χ2n) is 5.71. The van der Waals surface area contributed by atoms with Crippen LogP contribution in [0.1, 0.15) is 34.6 Å². The van der Waals surface area contributed by atoms with Crippen molar-refractivity contribution in [3.05, 3.63) is 53.6 Å². The highest BCUT2D eigenvalue weighted by Crippen LogP contribution is 2.29. The molecule has 0 fully saturated rings. The van der Waals surface area contributed by atoms with E-state index in [1.54, 1.807) is 42.5 Å². The van der Waals surface area contributed by atoms with E-state index in [4.69, 9.17) is 14.2 Å². The second kappa shape index (κ2) is 8.84. The minimum Gasteiger partial charge on any atom is -0.496 e. The molecule has 0 spiro atoms. The SMILES string of the molecule is COc1cccc(OC)c1C(=O)OC(C)C(=O)Nc1ccc(C(C)=O)cc1. The number of Topliss-reactive ketones (excluding diaryl/α,β-unsaturated/α-hetero) is 1. The molecule has 0 aliphatic heterocycles. The quantitative estimate of drug-likeness (QED) is 0.594. The number of hydrogen-bond donors (Lipinski definition) is 1. The number of ether oxygens (including phenoxy) is 3. The molecule has 1 unspecified atom stereocenters. The van der Waals surface area contributed by atoms with Crippen LogP contribution >= 0.6 is 0 Å². The standard InChI is InChI=1S/C20H21NO6/c1-12(22)14-8-10-15(11-9-14)21-19(23)13(2)27-20(24)18-16(25-3)6-5-7-17(18)26-4/h5-11,13H,1-4H3,(H,21,23). The summed E-state index contributed by atoms with van der Waals surface area (Å²) in [6.45, 7) is 2.92. The van der Waals surface area contributed by atoms with E-state index in [1.165, 1.54) is 28.1 Å². The molecule has 0 saturated heterocycles. The zero-order chi connectivity index (χ0) is 20.0. The molecule has 0 heterocycles. The molecule has 2 aromatic rings. The molecule has 2 rings (SSSR count). The average molecular weight is 371 g/mol. The van der Waals surface area contributed by atoms with E-state index in [1.807, 2.05) is 0 Å². The van der Waals surface area contributed by atoms with E-state index in [0.717, 1.165) is 0 Å². The van der Waals surface area contributed by atoms with Crippen LogP contribution in [0.15, 0.2) is 42.5 Å². The Morgan fingerprint density at radius 3 is 1.96 bits per heavy atom. The zero-order valence-electron chi connectivity index (χ0n) is 15.6. The Morgan fingerprint density at radius 1 is 0.926 bits per heavy atom. The van der Waals surface area contributed by atoms with Gasteiger partial charge in [-0.05, 0) is 50.2 Å². The number of amides is 1. The van der Waals surface area contributed by atoms with Gasteiger partial charge in [-0.2, -0.15) is 0 Å². The summed E-state index contributed by atoms with van der Waals surface area (Å²) < 4.78 is 15.6. The molecule has 0 aliphatic carbocycles. The van der Waals surface area contributed by atoms with Crippen molar-refractivity contribution >= 4 is 23.3 Å². The topological polar surface area (TPSA) is 90.9 Å². The molecule has 142 valence electrons. The first-order chi connectivity index (χ1) is 12.9. The van der Waals surface area contributed by atoms with Gasteiger partial charge in [-0.3, -0.25) is 9.59 Å². The molecule has 1 N–H and O–H groups in total. The lowest BCUT2D eigenvalue weighted by Gasteiger charge is -2.16. The van der Waals surface area contributed by atoms with E-state index in [0.29, 0.717) is 11.3 Å². The first kappa shape index (κ1) is 20.0. The first-order valence-electron chi connectivity index (χ1n) is 8.21. The maximum atomic E-state index is 12.5. The highest BCUT2D eigenvalue weighted by molar-refractivity contribution is 6.00. The van der Waals surface area contributed by atoms with Crippen LogP contribution in [0.5, 0.6) is 11.5 Å². The Balaban J connectivity index is 2.08. The summed E-state index contributed by atoms with van der Waals surface area (Å²) in [5.41, 5.74) is 1.13. The number of esters is 1. The fourth-order valence-corrected chi connectivity index (χ4v) is 2.36. The molecule has 7 heteroatoms. The van der Waals surface area contributed by atoms with Crippen molar-refractivity contribution in [2.75, 3.05) is 19.5 Å². The number of carbonyl (C=O) groups is 3. The van der Waals surface area contributed by atoms with Gasteiger partial charge in [-0.1, -0.05) is 6.07 Å². The van der Waals surface area contributed by atoms with Crippen molar-refractivity contribution in [3.8, 4) is 11.5 Å². The lowest BCUT2D eigenvalue weighted by molar-refractivity contribution is -0.123. The van der Waals surface area contributed by atoms with Crippen LogP contribution < -0.4 is 14.8 Å². The van der Waals surface area contributed by atoms with Crippen molar-refractivity contribution in [1.29, 1.82) is 0 Å². The van der Waals surface area contributed by atoms with Crippen LogP contribution in [-0.2, 0) is 9.53 Å². The summed E-state index contributed by atoms with van der Waals surface area (Å²) in [6.07, 6.45) is -1.06. The minimum absolute atomic E-state index is 0.0686. The summed E-state index contributed by atoms with van der Waals surface area (Å²) in [5.74, 6) is -0.744. The van der Waals surface area contributed by atoms with Crippen LogP contribution in [0, 0.1) is 0 Å². The molecule has 0 aromatic heterocycles. The Bertz CT molecular complexity index is 822. The fourth-order valence-electron chi connectivity index (χ4n) is 2.36. The number of rotatable bonds is 7. The van der Waals surface area contributed by atoms with Gasteiger partial charge < -0.3 is 19.5 Å². The third-order valence-corrected chi connectivity index (χ3v) is 3.84. The molecule has 1 atom stereocenters. The molecule has 27 heavy (non-hydrogen) atoms. The van der Waals surface area contributed by atoms with Crippen LogP contribution in [0.25, 0.3) is 0 Å². The summed E-state index contributed by atoms with van der Waals surface area (Å²) in [4.78, 5) is 36.1. The van der Waals surface area contributed by atoms with Crippen molar-refractivity contribution in [3.63, 3.8) is 0 Å². The van der Waals surface area contributed by atoms with Crippen molar-refractivity contribution in [2.24, 2.45) is 0 Å². The van der Waals surface area contributed by atoms with Gasteiger partial charge in [0, 0.05) is 11.3 Å². The maximum Gasteiger partial charge on any atom is 0.346 e. The molecular weight excluding hydrogens is 350 g/mol. The first-order valence-corrected chi connectivity index (χ1v) is 8.21. The van der Waals surface area contributed by atoms with Crippen molar-refractivity contribution in [1.82, 2.24) is 0 Å². The fraction of sp³-hybridized carbons (Fsp3) is 0.250. The van der Waals surface area contributed by atoms with Gasteiger partial charge in [-0.25, -0.2) is 4.79 Å². The van der Waals surface area contributed by atoms with Gasteiger partial charge in [0.05, 0.1) is 14.2 Å². The number of methoxy groups -OCH3 is 2. The van der Waals surface area contributed by atoms with Gasteiger partial charge in [0.1, 0.15) is 17.1 Å². The van der Waals surface area contributed by atoms with Crippen LogP contribution in [0.4, 0.5) is 5.69 Å². The molecule has 1 amide bonds. The molecule has 7 nitrogen and oxygen atoms in total. The summed E-state index contributed by atoms with van der Waals surface area (Å²) in [6, 6.07) is 11.3. The lowest BCUT2D eigenvalue weighted by Crippen LogP contribution is -2.30. The third-order valence-electron chi connectivity index (χ3n) is 3.84. The van der Waals surface area contributed by atoms with E-state index >= 15 is 0 Å². The predicted molar refractivity (Wildman–Crippen MR) is 99.5 cm³/mol. The highest BCUT2D eigenvalue weighted by atomic mass is 16.6. The smallest absolute Gasteiger partial charge is 0.346 e. The van der Waals surface area contributed by atoms with Gasteiger partial charge in [0.25, 0.3) is 5.91 Å². The van der Waals surface area contributed by atoms with Crippen LogP contribution in [0.2, 0.25) is 0 Å². The largest absolute Gasteiger partial charge is 0.496 e. The van der Waals surface area contributed by atoms with Crippen molar-refractivity contribution < 1.29 is 28.6 Å². The Kier molecular flexibility index (Phi) is 6.54. The molecule has 0 saturated carbocycles. The van der Waals surface area contributed by atoms with Crippen molar-refractivity contribution in [2.45, 2.75) is 20.0 Å². The average Bonchev–Trinajstić information content (AvgIpc) is 2.67. The predicted octanol–water partition coefficient (Wildman–Crippen LogP) is 3.09. The van der Waals surface area contributed by atoms with E-state index in [2.05, 4.69) is 5.32 Å². The highest BCUT2D eigenvalue weighted by Gasteiger charge is 2.24. The number of ketones is 1. The van der Waals surface area contributed by atoms with Gasteiger partial charge in [0.2, 0.25) is 0 Å². The van der Waals surface area contributed by atoms with Crippen LogP contribution in [0.3, 0.4) is 0 Å². The zero-order valence-corrected chi connectivity index (χ0v) is 15.6. The lowest BCUT2D eigenvalue weighted by atomic mass is 10.1. The number of carbonyl (C=O) groups excluding carboxylic acids is 3. The van der Waals surface area contributed by atoms with E-state index in [-0.39, 0.29) is 22.8 Å². The van der Waals surface area contributed by atoms with Gasteiger partial charge in [0.15, 0.2) is 11.9 Å². The molecule has 0 radical (unpaired) electrons. The third kappa shape index (κ3) is 4.84. The minimum atomic E-state index is -1.06. The molecular formula is C20H21NO6.